The topological polar surface area (TPSA) is 141 Å². The van der Waals surface area contributed by atoms with Crippen molar-refractivity contribution in [3.63, 3.8) is 0 Å². The normalized spacial score (nSPS) is 18.8. The highest BCUT2D eigenvalue weighted by atomic mass is 35.5. The number of carbonyl (C=O) groups is 1. The Kier molecular flexibility index (Phi) is 12.7. The van der Waals surface area contributed by atoms with Gasteiger partial charge in [-0.2, -0.15) is 0 Å². The molecule has 1 saturated carbocycles. The lowest BCUT2D eigenvalue weighted by molar-refractivity contribution is -0.145. The Hall–Kier alpha value is -5.16. The van der Waals surface area contributed by atoms with Gasteiger partial charge in [-0.1, -0.05) is 35.3 Å². The van der Waals surface area contributed by atoms with Crippen molar-refractivity contribution in [3.8, 4) is 44.7 Å². The maximum atomic E-state index is 14.3. The van der Waals surface area contributed by atoms with Crippen LogP contribution >= 0.6 is 34.5 Å². The minimum absolute atomic E-state index is 0.0355. The highest BCUT2D eigenvalue weighted by molar-refractivity contribution is 7.22. The summed E-state index contributed by atoms with van der Waals surface area (Å²) in [5, 5.41) is 11.9. The van der Waals surface area contributed by atoms with Crippen LogP contribution in [0.3, 0.4) is 0 Å². The van der Waals surface area contributed by atoms with E-state index in [4.69, 9.17) is 51.9 Å². The lowest BCUT2D eigenvalue weighted by Crippen LogP contribution is -2.49. The number of fused-ring (bicyclic) bond motifs is 7. The SMILES string of the molecule is COCC1(c2nccc(COc3ccc4cc3C[C@H](C(=O)O)Oc3ncnc5sc(-c6ccc(F)cc6)c(c35)-c3c(C)c(Cl)c(c(Cl)c3C)O[C@H](CN3CCN(C)CC3)CO4)n2)CC1. The third kappa shape index (κ3) is 8.93. The van der Waals surface area contributed by atoms with Gasteiger partial charge in [0.1, 0.15) is 53.6 Å². The van der Waals surface area contributed by atoms with E-state index in [1.54, 1.807) is 49.7 Å². The van der Waals surface area contributed by atoms with Crippen molar-refractivity contribution in [1.82, 2.24) is 29.7 Å². The van der Waals surface area contributed by atoms with E-state index in [0.717, 1.165) is 39.0 Å². The van der Waals surface area contributed by atoms with Gasteiger partial charge >= 0.3 is 5.97 Å². The average Bonchev–Trinajstić information content (AvgIpc) is 3.98. The van der Waals surface area contributed by atoms with Crippen LogP contribution in [0.5, 0.6) is 23.1 Å². The van der Waals surface area contributed by atoms with Crippen molar-refractivity contribution in [3.05, 3.63) is 105 Å². The van der Waals surface area contributed by atoms with E-state index in [1.165, 1.54) is 29.8 Å². The number of benzene rings is 3. The van der Waals surface area contributed by atoms with E-state index in [-0.39, 0.29) is 30.9 Å². The summed E-state index contributed by atoms with van der Waals surface area (Å²) >= 11 is 16.0. The van der Waals surface area contributed by atoms with Gasteiger partial charge < -0.3 is 33.7 Å². The molecule has 3 aliphatic heterocycles. The lowest BCUT2D eigenvalue weighted by atomic mass is 9.92. The molecule has 17 heteroatoms. The number of hydrogen-bond acceptors (Lipinski definition) is 13. The molecule has 1 saturated heterocycles. The van der Waals surface area contributed by atoms with Crippen molar-refractivity contribution >= 4 is 50.7 Å². The number of thiophene rings is 1. The van der Waals surface area contributed by atoms with Gasteiger partial charge in [0.2, 0.25) is 12.0 Å². The molecule has 2 fully saturated rings. The smallest absolute Gasteiger partial charge is 0.345 e. The highest BCUT2D eigenvalue weighted by Crippen LogP contribution is 2.53. The molecule has 3 aromatic heterocycles. The zero-order valence-corrected chi connectivity index (χ0v) is 38.2. The molecule has 6 aromatic rings. The van der Waals surface area contributed by atoms with E-state index in [0.29, 0.717) is 100 Å². The number of likely N-dealkylation sites (N-methyl/N-ethyl adjacent to an activating group) is 1. The summed E-state index contributed by atoms with van der Waals surface area (Å²) in [7, 11) is 3.78. The number of ether oxygens (including phenoxy) is 5. The first-order chi connectivity index (χ1) is 30.9. The van der Waals surface area contributed by atoms with Gasteiger partial charge in [-0.15, -0.1) is 11.3 Å². The number of aromatic nitrogens is 4. The fourth-order valence-corrected chi connectivity index (χ4v) is 10.1. The van der Waals surface area contributed by atoms with E-state index in [1.807, 2.05) is 13.8 Å². The predicted molar refractivity (Wildman–Crippen MR) is 243 cm³/mol. The maximum Gasteiger partial charge on any atom is 0.345 e. The predicted octanol–water partition coefficient (Wildman–Crippen LogP) is 8.60. The molecule has 10 rings (SSSR count). The molecular formula is C47H47Cl2FN6O7S. The largest absolute Gasteiger partial charge is 0.490 e. The van der Waals surface area contributed by atoms with Gasteiger partial charge in [-0.3, -0.25) is 4.90 Å². The highest BCUT2D eigenvalue weighted by Gasteiger charge is 2.47. The Bertz CT molecular complexity index is 2680. The van der Waals surface area contributed by atoms with Crippen LogP contribution in [0.2, 0.25) is 10.0 Å². The lowest BCUT2D eigenvalue weighted by Gasteiger charge is -2.35. The minimum Gasteiger partial charge on any atom is -0.490 e. The van der Waals surface area contributed by atoms with Gasteiger partial charge in [0.25, 0.3) is 0 Å². The molecule has 0 radical (unpaired) electrons. The summed E-state index contributed by atoms with van der Waals surface area (Å²) in [6, 6.07) is 13.2. The summed E-state index contributed by atoms with van der Waals surface area (Å²) < 4.78 is 46.1. The van der Waals surface area contributed by atoms with E-state index >= 15 is 0 Å². The second-order valence-corrected chi connectivity index (χ2v) is 18.5. The first-order valence-corrected chi connectivity index (χ1v) is 22.7. The number of carboxylic acid groups (broad SMARTS) is 1. The molecule has 2 atom stereocenters. The van der Waals surface area contributed by atoms with Gasteiger partial charge in [0.15, 0.2) is 5.75 Å². The Labute approximate surface area is 384 Å². The second-order valence-electron chi connectivity index (χ2n) is 16.7. The fraction of sp³-hybridized carbons (Fsp3) is 0.383. The van der Waals surface area contributed by atoms with Crippen LogP contribution in [0.15, 0.2) is 61.1 Å². The molecule has 4 aliphatic rings. The van der Waals surface area contributed by atoms with Gasteiger partial charge in [-0.25, -0.2) is 29.1 Å². The molecular weight excluding hydrogens is 883 g/mol. The number of aliphatic carboxylic acids is 1. The summed E-state index contributed by atoms with van der Waals surface area (Å²) in [5.74, 6) is 0.343. The Balaban J connectivity index is 1.17. The standard InChI is InChI=1S/C47H47Cl2FN6O7S/c1-26-36-27(2)40(49)41(39(26)48)62-33(21-56-17-15-55(3)16-18-56)23-60-32-9-10-34(61-22-31-11-14-51-46(54-31)47(12-13-47)24-59-4)29(19-32)20-35(45(57)58)63-43-38-37(36)42(64-44(38)53-25-52-43)28-5-7-30(50)8-6-28/h5-11,14,19,25,33,35H,12-13,15-18,20-24H2,1-4H3,(H,57,58)/t33-,35-/m1/s1. The number of nitrogens with zero attached hydrogens (tertiary/aromatic N) is 6. The van der Waals surface area contributed by atoms with Gasteiger partial charge in [0.05, 0.1) is 33.1 Å². The number of methoxy groups -OCH3 is 1. The van der Waals surface area contributed by atoms with Crippen molar-refractivity contribution in [2.24, 2.45) is 0 Å². The number of rotatable bonds is 10. The molecule has 4 bridgehead atoms. The molecule has 0 unspecified atom stereocenters. The summed E-state index contributed by atoms with van der Waals surface area (Å²) in [6.45, 7) is 8.52. The Morgan fingerprint density at radius 3 is 2.44 bits per heavy atom. The van der Waals surface area contributed by atoms with Crippen LogP contribution in [0, 0.1) is 19.7 Å². The van der Waals surface area contributed by atoms with E-state index in [9.17, 15) is 14.3 Å². The molecule has 13 nitrogen and oxygen atoms in total. The van der Waals surface area contributed by atoms with Crippen LogP contribution in [0.25, 0.3) is 31.8 Å². The Morgan fingerprint density at radius 2 is 1.73 bits per heavy atom. The monoisotopic (exact) mass is 928 g/mol. The van der Waals surface area contributed by atoms with Gasteiger partial charge in [0, 0.05) is 68.5 Å². The molecule has 0 amide bonds. The van der Waals surface area contributed by atoms with Crippen LogP contribution < -0.4 is 18.9 Å². The van der Waals surface area contributed by atoms with Gasteiger partial charge in [-0.05, 0) is 92.4 Å². The third-order valence-corrected chi connectivity index (χ3v) is 14.3. The van der Waals surface area contributed by atoms with Crippen molar-refractivity contribution in [2.45, 2.75) is 57.3 Å². The molecule has 6 heterocycles. The van der Waals surface area contributed by atoms with E-state index < -0.39 is 24.0 Å². The summed E-state index contributed by atoms with van der Waals surface area (Å²) in [6.07, 6.45) is 2.84. The molecule has 0 spiro atoms. The minimum atomic E-state index is -1.45. The Morgan fingerprint density at radius 1 is 0.984 bits per heavy atom. The van der Waals surface area contributed by atoms with Crippen molar-refractivity contribution in [1.29, 1.82) is 0 Å². The number of piperazine rings is 1. The first-order valence-electron chi connectivity index (χ1n) is 21.1. The summed E-state index contributed by atoms with van der Waals surface area (Å²) in [5.41, 5.74) is 4.28. The molecule has 64 heavy (non-hydrogen) atoms. The quantitative estimate of drug-likeness (QED) is 0.140. The maximum absolute atomic E-state index is 14.3. The van der Waals surface area contributed by atoms with Crippen LogP contribution in [0.1, 0.15) is 41.1 Å². The zero-order chi connectivity index (χ0) is 44.7. The van der Waals surface area contributed by atoms with Crippen molar-refractivity contribution < 1.29 is 38.0 Å². The first kappa shape index (κ1) is 44.1. The molecule has 3 aromatic carbocycles. The van der Waals surface area contributed by atoms with E-state index in [2.05, 4.69) is 31.8 Å². The molecule has 334 valence electrons. The molecule has 1 aliphatic carbocycles. The third-order valence-electron chi connectivity index (χ3n) is 12.2. The number of hydrogen-bond donors (Lipinski definition) is 1. The number of carboxylic acids is 1. The van der Waals surface area contributed by atoms with Crippen LogP contribution in [-0.2, 0) is 28.0 Å². The fourth-order valence-electron chi connectivity index (χ4n) is 8.46. The zero-order valence-electron chi connectivity index (χ0n) is 35.8. The number of halogens is 3. The molecule has 1 N–H and O–H groups in total. The second kappa shape index (κ2) is 18.4. The summed E-state index contributed by atoms with van der Waals surface area (Å²) in [4.78, 5) is 37.7. The average molecular weight is 930 g/mol. The van der Waals surface area contributed by atoms with Crippen molar-refractivity contribution in [2.75, 3.05) is 60.1 Å². The van der Waals surface area contributed by atoms with Crippen LogP contribution in [-0.4, -0.2) is 113 Å². The van der Waals surface area contributed by atoms with Crippen LogP contribution in [0.4, 0.5) is 4.39 Å².